The second-order valence-corrected chi connectivity index (χ2v) is 5.80. The summed E-state index contributed by atoms with van der Waals surface area (Å²) in [4.78, 5) is 18.9. The van der Waals surface area contributed by atoms with Crippen molar-refractivity contribution in [2.75, 3.05) is 20.1 Å². The van der Waals surface area contributed by atoms with E-state index in [4.69, 9.17) is 0 Å². The van der Waals surface area contributed by atoms with Gasteiger partial charge in [-0.2, -0.15) is 0 Å². The minimum Gasteiger partial charge on any atom is -0.352 e. The first-order valence-electron chi connectivity index (χ1n) is 7.70. The molecule has 114 valence electrons. The highest BCUT2D eigenvalue weighted by atomic mass is 16.1. The molecule has 0 spiro atoms. The molecule has 2 heterocycles. The van der Waals surface area contributed by atoms with E-state index < -0.39 is 0 Å². The van der Waals surface area contributed by atoms with Crippen LogP contribution >= 0.6 is 0 Å². The standard InChI is InChI=1S/C18H21N3O/c1-21-10-8-16-15(13-21)11-19-12-17(16)18(22)20-9-7-14-5-3-2-4-6-14/h2-6,11-12H,7-10,13H2,1H3,(H,20,22). The first-order valence-corrected chi connectivity index (χ1v) is 7.70. The van der Waals surface area contributed by atoms with Gasteiger partial charge < -0.3 is 10.2 Å². The summed E-state index contributed by atoms with van der Waals surface area (Å²) in [6.07, 6.45) is 5.33. The monoisotopic (exact) mass is 295 g/mol. The largest absolute Gasteiger partial charge is 0.352 e. The maximum atomic E-state index is 12.4. The number of carbonyl (C=O) groups excluding carboxylic acids is 1. The van der Waals surface area contributed by atoms with Gasteiger partial charge in [0.25, 0.3) is 5.91 Å². The average molecular weight is 295 g/mol. The number of amides is 1. The molecule has 0 saturated carbocycles. The Morgan fingerprint density at radius 2 is 2.09 bits per heavy atom. The molecule has 0 saturated heterocycles. The Balaban J connectivity index is 1.64. The van der Waals surface area contributed by atoms with E-state index in [1.165, 1.54) is 11.1 Å². The Kier molecular flexibility index (Phi) is 4.49. The molecule has 0 aliphatic carbocycles. The molecule has 3 rings (SSSR count). The SMILES string of the molecule is CN1CCc2c(cncc2C(=O)NCCc2ccccc2)C1. The lowest BCUT2D eigenvalue weighted by molar-refractivity contribution is 0.0952. The van der Waals surface area contributed by atoms with Crippen molar-refractivity contribution >= 4 is 5.91 Å². The van der Waals surface area contributed by atoms with Gasteiger partial charge in [0, 0.05) is 32.0 Å². The fraction of sp³-hybridized carbons (Fsp3) is 0.333. The number of hydrogen-bond donors (Lipinski definition) is 1. The molecule has 1 amide bonds. The maximum absolute atomic E-state index is 12.4. The zero-order valence-electron chi connectivity index (χ0n) is 12.9. The van der Waals surface area contributed by atoms with Crippen molar-refractivity contribution < 1.29 is 4.79 Å². The second-order valence-electron chi connectivity index (χ2n) is 5.80. The third-order valence-corrected chi connectivity index (χ3v) is 4.12. The van der Waals surface area contributed by atoms with Crippen LogP contribution < -0.4 is 5.32 Å². The topological polar surface area (TPSA) is 45.2 Å². The van der Waals surface area contributed by atoms with Crippen LogP contribution in [0.3, 0.4) is 0 Å². The molecule has 1 aliphatic heterocycles. The van der Waals surface area contributed by atoms with Gasteiger partial charge in [-0.3, -0.25) is 9.78 Å². The molecule has 0 radical (unpaired) electrons. The summed E-state index contributed by atoms with van der Waals surface area (Å²) >= 11 is 0. The van der Waals surface area contributed by atoms with Gasteiger partial charge in [-0.25, -0.2) is 0 Å². The molecule has 1 aromatic heterocycles. The van der Waals surface area contributed by atoms with Crippen LogP contribution in [0.5, 0.6) is 0 Å². The van der Waals surface area contributed by atoms with Crippen molar-refractivity contribution in [3.8, 4) is 0 Å². The lowest BCUT2D eigenvalue weighted by Gasteiger charge is -2.26. The zero-order chi connectivity index (χ0) is 15.4. The molecule has 0 bridgehead atoms. The van der Waals surface area contributed by atoms with Gasteiger partial charge in [0.2, 0.25) is 0 Å². The number of aromatic nitrogens is 1. The number of likely N-dealkylation sites (N-methyl/N-ethyl adjacent to an activating group) is 1. The first-order chi connectivity index (χ1) is 10.7. The van der Waals surface area contributed by atoms with Gasteiger partial charge >= 0.3 is 0 Å². The number of fused-ring (bicyclic) bond motifs is 1. The third-order valence-electron chi connectivity index (χ3n) is 4.12. The van der Waals surface area contributed by atoms with E-state index in [9.17, 15) is 4.79 Å². The minimum atomic E-state index is -0.00941. The Morgan fingerprint density at radius 3 is 2.91 bits per heavy atom. The molecular weight excluding hydrogens is 274 g/mol. The van der Waals surface area contributed by atoms with Crippen LogP contribution in [0.4, 0.5) is 0 Å². The Hall–Kier alpha value is -2.20. The fourth-order valence-corrected chi connectivity index (χ4v) is 2.89. The zero-order valence-corrected chi connectivity index (χ0v) is 12.9. The number of benzene rings is 1. The number of hydrogen-bond acceptors (Lipinski definition) is 3. The summed E-state index contributed by atoms with van der Waals surface area (Å²) in [5, 5.41) is 3.02. The van der Waals surface area contributed by atoms with Crippen LogP contribution in [-0.4, -0.2) is 35.9 Å². The molecule has 22 heavy (non-hydrogen) atoms. The van der Waals surface area contributed by atoms with E-state index in [0.29, 0.717) is 6.54 Å². The van der Waals surface area contributed by atoms with Gasteiger partial charge in [-0.1, -0.05) is 30.3 Å². The van der Waals surface area contributed by atoms with Crippen LogP contribution in [0.15, 0.2) is 42.7 Å². The molecule has 2 aromatic rings. The number of carbonyl (C=O) groups is 1. The van der Waals surface area contributed by atoms with Crippen LogP contribution in [-0.2, 0) is 19.4 Å². The summed E-state index contributed by atoms with van der Waals surface area (Å²) in [5.41, 5.74) is 4.30. The fourth-order valence-electron chi connectivity index (χ4n) is 2.89. The highest BCUT2D eigenvalue weighted by Crippen LogP contribution is 2.20. The van der Waals surface area contributed by atoms with E-state index in [2.05, 4.69) is 34.4 Å². The number of rotatable bonds is 4. The van der Waals surface area contributed by atoms with Crippen molar-refractivity contribution in [3.63, 3.8) is 0 Å². The van der Waals surface area contributed by atoms with Crippen molar-refractivity contribution in [2.45, 2.75) is 19.4 Å². The highest BCUT2D eigenvalue weighted by Gasteiger charge is 2.20. The molecule has 1 aromatic carbocycles. The molecule has 4 heteroatoms. The van der Waals surface area contributed by atoms with Crippen molar-refractivity contribution in [1.29, 1.82) is 0 Å². The summed E-state index contributed by atoms with van der Waals surface area (Å²) in [5.74, 6) is -0.00941. The van der Waals surface area contributed by atoms with Crippen molar-refractivity contribution in [1.82, 2.24) is 15.2 Å². The normalized spacial score (nSPS) is 14.4. The predicted octanol–water partition coefficient (Wildman–Crippen LogP) is 2.04. The maximum Gasteiger partial charge on any atom is 0.253 e. The van der Waals surface area contributed by atoms with Crippen LogP contribution in [0.2, 0.25) is 0 Å². The van der Waals surface area contributed by atoms with Gasteiger partial charge in [-0.15, -0.1) is 0 Å². The predicted molar refractivity (Wildman–Crippen MR) is 86.8 cm³/mol. The Labute approximate surface area is 131 Å². The molecule has 0 unspecified atom stereocenters. The van der Waals surface area contributed by atoms with Crippen LogP contribution in [0, 0.1) is 0 Å². The summed E-state index contributed by atoms with van der Waals surface area (Å²) in [7, 11) is 2.09. The van der Waals surface area contributed by atoms with Crippen LogP contribution in [0.25, 0.3) is 0 Å². The summed E-state index contributed by atoms with van der Waals surface area (Å²) in [6, 6.07) is 10.2. The molecule has 1 aliphatic rings. The molecular formula is C18H21N3O. The van der Waals surface area contributed by atoms with Crippen molar-refractivity contribution in [3.05, 3.63) is 65.0 Å². The lowest BCUT2D eigenvalue weighted by Crippen LogP contribution is -2.31. The van der Waals surface area contributed by atoms with Crippen molar-refractivity contribution in [2.24, 2.45) is 0 Å². The minimum absolute atomic E-state index is 0.00941. The molecule has 1 N–H and O–H groups in total. The van der Waals surface area contributed by atoms with Crippen LogP contribution in [0.1, 0.15) is 27.0 Å². The highest BCUT2D eigenvalue weighted by molar-refractivity contribution is 5.95. The Bertz CT molecular complexity index is 655. The summed E-state index contributed by atoms with van der Waals surface area (Å²) in [6.45, 7) is 2.50. The number of pyridine rings is 1. The van der Waals surface area contributed by atoms with E-state index in [-0.39, 0.29) is 5.91 Å². The van der Waals surface area contributed by atoms with Gasteiger partial charge in [0.15, 0.2) is 0 Å². The number of nitrogens with zero attached hydrogens (tertiary/aromatic N) is 2. The van der Waals surface area contributed by atoms with E-state index in [0.717, 1.165) is 37.1 Å². The Morgan fingerprint density at radius 1 is 1.27 bits per heavy atom. The average Bonchev–Trinajstić information content (AvgIpc) is 2.55. The summed E-state index contributed by atoms with van der Waals surface area (Å²) < 4.78 is 0. The second kappa shape index (κ2) is 6.71. The van der Waals surface area contributed by atoms with E-state index in [1.807, 2.05) is 24.4 Å². The number of nitrogens with one attached hydrogen (secondary N) is 1. The lowest BCUT2D eigenvalue weighted by atomic mass is 9.97. The van der Waals surface area contributed by atoms with Gasteiger partial charge in [0.1, 0.15) is 0 Å². The van der Waals surface area contributed by atoms with Gasteiger partial charge in [0.05, 0.1) is 5.56 Å². The quantitative estimate of drug-likeness (QED) is 0.939. The third kappa shape index (κ3) is 3.34. The first kappa shape index (κ1) is 14.7. The van der Waals surface area contributed by atoms with Gasteiger partial charge in [-0.05, 0) is 36.6 Å². The molecule has 0 atom stereocenters. The molecule has 0 fully saturated rings. The van der Waals surface area contributed by atoms with E-state index in [1.54, 1.807) is 6.20 Å². The molecule has 4 nitrogen and oxygen atoms in total. The smallest absolute Gasteiger partial charge is 0.253 e. The van der Waals surface area contributed by atoms with E-state index >= 15 is 0 Å².